The number of hydrogen-bond donors (Lipinski definition) is 1. The summed E-state index contributed by atoms with van der Waals surface area (Å²) in [7, 11) is 0. The minimum absolute atomic E-state index is 0.167. The van der Waals surface area contributed by atoms with Crippen LogP contribution in [0.4, 0.5) is 0 Å². The predicted octanol–water partition coefficient (Wildman–Crippen LogP) is 6.83. The number of fused-ring (bicyclic) bond motifs is 1. The fraction of sp³-hybridized carbons (Fsp3) is 0.0370. The SMILES string of the molecule is N#CC(=Cc1c(OCc2ccccc2Cl)ccc2ccccc12)c1ccc(C(=O)O)cc1. The van der Waals surface area contributed by atoms with Crippen LogP contribution in [0.1, 0.15) is 27.0 Å². The monoisotopic (exact) mass is 439 g/mol. The lowest BCUT2D eigenvalue weighted by Crippen LogP contribution is -1.99. The van der Waals surface area contributed by atoms with E-state index in [0.717, 1.165) is 21.9 Å². The highest BCUT2D eigenvalue weighted by atomic mass is 35.5. The lowest BCUT2D eigenvalue weighted by atomic mass is 9.98. The zero-order valence-electron chi connectivity index (χ0n) is 17.0. The van der Waals surface area contributed by atoms with Gasteiger partial charge in [0.05, 0.1) is 17.2 Å². The number of nitriles is 1. The number of nitrogens with zero attached hydrogens (tertiary/aromatic N) is 1. The summed E-state index contributed by atoms with van der Waals surface area (Å²) in [6.45, 7) is 0.286. The average Bonchev–Trinajstić information content (AvgIpc) is 2.82. The minimum Gasteiger partial charge on any atom is -0.488 e. The van der Waals surface area contributed by atoms with Crippen LogP contribution in [0, 0.1) is 11.3 Å². The van der Waals surface area contributed by atoms with E-state index >= 15 is 0 Å². The molecule has 0 heterocycles. The Balaban J connectivity index is 1.78. The third kappa shape index (κ3) is 4.49. The van der Waals surface area contributed by atoms with Crippen molar-refractivity contribution < 1.29 is 14.6 Å². The smallest absolute Gasteiger partial charge is 0.335 e. The molecule has 32 heavy (non-hydrogen) atoms. The summed E-state index contributed by atoms with van der Waals surface area (Å²) < 4.78 is 6.13. The maximum Gasteiger partial charge on any atom is 0.335 e. The van der Waals surface area contributed by atoms with Crippen molar-refractivity contribution in [2.45, 2.75) is 6.61 Å². The molecular weight excluding hydrogens is 422 g/mol. The quantitative estimate of drug-likeness (QED) is 0.264. The number of rotatable bonds is 6. The Hall–Kier alpha value is -4.07. The largest absolute Gasteiger partial charge is 0.488 e. The van der Waals surface area contributed by atoms with Gasteiger partial charge in [-0.15, -0.1) is 0 Å². The van der Waals surface area contributed by atoms with Gasteiger partial charge in [-0.2, -0.15) is 5.26 Å². The predicted molar refractivity (Wildman–Crippen MR) is 127 cm³/mol. The third-order valence-electron chi connectivity index (χ3n) is 5.12. The first kappa shape index (κ1) is 21.2. The van der Waals surface area contributed by atoms with Gasteiger partial charge < -0.3 is 9.84 Å². The van der Waals surface area contributed by atoms with E-state index in [-0.39, 0.29) is 12.2 Å². The molecule has 4 aromatic rings. The van der Waals surface area contributed by atoms with Crippen LogP contribution in [-0.2, 0) is 6.61 Å². The van der Waals surface area contributed by atoms with Gasteiger partial charge in [0, 0.05) is 16.1 Å². The number of carbonyl (C=O) groups is 1. The molecule has 0 saturated carbocycles. The molecule has 1 N–H and O–H groups in total. The van der Waals surface area contributed by atoms with Gasteiger partial charge in [0.2, 0.25) is 0 Å². The normalized spacial score (nSPS) is 11.2. The summed E-state index contributed by atoms with van der Waals surface area (Å²) in [5.41, 5.74) is 2.83. The summed E-state index contributed by atoms with van der Waals surface area (Å²) in [4.78, 5) is 11.1. The number of ether oxygens (including phenoxy) is 1. The highest BCUT2D eigenvalue weighted by molar-refractivity contribution is 6.31. The van der Waals surface area contributed by atoms with E-state index in [9.17, 15) is 10.1 Å². The average molecular weight is 440 g/mol. The van der Waals surface area contributed by atoms with E-state index in [2.05, 4.69) is 6.07 Å². The Bertz CT molecular complexity index is 1370. The Kier molecular flexibility index (Phi) is 6.21. The molecule has 0 fully saturated rings. The third-order valence-corrected chi connectivity index (χ3v) is 5.49. The summed E-state index contributed by atoms with van der Waals surface area (Å²) in [6.07, 6.45) is 1.78. The summed E-state index contributed by atoms with van der Waals surface area (Å²) in [6, 6.07) is 27.7. The standard InChI is InChI=1S/C27H18ClNO3/c28-25-8-4-2-6-21(25)17-32-26-14-13-19-5-1-3-7-23(19)24(26)15-22(16-29)18-9-11-20(12-10-18)27(30)31/h1-15H,17H2,(H,30,31). The van der Waals surface area contributed by atoms with Crippen molar-refractivity contribution in [3.63, 3.8) is 0 Å². The minimum atomic E-state index is -1.01. The highest BCUT2D eigenvalue weighted by Gasteiger charge is 2.11. The Morgan fingerprint density at radius 2 is 1.62 bits per heavy atom. The van der Waals surface area contributed by atoms with Gasteiger partial charge in [-0.3, -0.25) is 0 Å². The van der Waals surface area contributed by atoms with Crippen molar-refractivity contribution in [3.8, 4) is 11.8 Å². The van der Waals surface area contributed by atoms with Crippen molar-refractivity contribution in [2.75, 3.05) is 0 Å². The Labute approximate surface area is 190 Å². The molecule has 0 bridgehead atoms. The zero-order valence-corrected chi connectivity index (χ0v) is 17.7. The molecule has 0 atom stereocenters. The molecule has 0 aliphatic heterocycles. The number of benzene rings is 4. The summed E-state index contributed by atoms with van der Waals surface area (Å²) >= 11 is 6.27. The molecule has 4 rings (SSSR count). The Morgan fingerprint density at radius 1 is 0.938 bits per heavy atom. The van der Waals surface area contributed by atoms with Crippen molar-refractivity contribution >= 4 is 40.0 Å². The number of carboxylic acid groups (broad SMARTS) is 1. The zero-order chi connectivity index (χ0) is 22.5. The van der Waals surface area contributed by atoms with Gasteiger partial charge in [0.15, 0.2) is 0 Å². The van der Waals surface area contributed by atoms with Crippen LogP contribution in [0.25, 0.3) is 22.4 Å². The van der Waals surface area contributed by atoms with E-state index in [1.165, 1.54) is 12.1 Å². The van der Waals surface area contributed by atoms with Crippen molar-refractivity contribution in [1.82, 2.24) is 0 Å². The molecule has 0 spiro atoms. The molecule has 0 amide bonds. The molecule has 0 aromatic heterocycles. The van der Waals surface area contributed by atoms with Gasteiger partial charge in [-0.25, -0.2) is 4.79 Å². The topological polar surface area (TPSA) is 70.3 Å². The van der Waals surface area contributed by atoms with Crippen LogP contribution < -0.4 is 4.74 Å². The number of halogens is 1. The molecule has 0 aliphatic rings. The lowest BCUT2D eigenvalue weighted by molar-refractivity contribution is 0.0697. The van der Waals surface area contributed by atoms with E-state index in [1.807, 2.05) is 60.7 Å². The maximum absolute atomic E-state index is 11.1. The molecule has 4 nitrogen and oxygen atoms in total. The van der Waals surface area contributed by atoms with Gasteiger partial charge in [-0.05, 0) is 46.7 Å². The van der Waals surface area contributed by atoms with E-state index in [0.29, 0.717) is 21.9 Å². The van der Waals surface area contributed by atoms with Crippen LogP contribution in [0.3, 0.4) is 0 Å². The van der Waals surface area contributed by atoms with Crippen molar-refractivity contribution in [2.24, 2.45) is 0 Å². The van der Waals surface area contributed by atoms with Gasteiger partial charge >= 0.3 is 5.97 Å². The second-order valence-corrected chi connectivity index (χ2v) is 7.54. The van der Waals surface area contributed by atoms with Gasteiger partial charge in [-0.1, -0.05) is 72.3 Å². The van der Waals surface area contributed by atoms with Crippen LogP contribution in [0.2, 0.25) is 5.02 Å². The van der Waals surface area contributed by atoms with Crippen molar-refractivity contribution in [3.05, 3.63) is 112 Å². The van der Waals surface area contributed by atoms with E-state index in [4.69, 9.17) is 21.4 Å². The first-order chi connectivity index (χ1) is 15.6. The Morgan fingerprint density at radius 3 is 2.34 bits per heavy atom. The maximum atomic E-state index is 11.1. The first-order valence-corrected chi connectivity index (χ1v) is 10.3. The molecule has 5 heteroatoms. The fourth-order valence-corrected chi connectivity index (χ4v) is 3.63. The van der Waals surface area contributed by atoms with Crippen LogP contribution in [0.15, 0.2) is 84.9 Å². The number of carboxylic acids is 1. The molecule has 0 radical (unpaired) electrons. The number of aromatic carboxylic acids is 1. The number of hydrogen-bond acceptors (Lipinski definition) is 3. The molecular formula is C27H18ClNO3. The second kappa shape index (κ2) is 9.38. The van der Waals surface area contributed by atoms with Gasteiger partial charge in [0.25, 0.3) is 0 Å². The molecule has 0 aliphatic carbocycles. The van der Waals surface area contributed by atoms with E-state index in [1.54, 1.807) is 18.2 Å². The second-order valence-electron chi connectivity index (χ2n) is 7.13. The van der Waals surface area contributed by atoms with Crippen LogP contribution in [-0.4, -0.2) is 11.1 Å². The van der Waals surface area contributed by atoms with Crippen LogP contribution in [0.5, 0.6) is 5.75 Å². The molecule has 0 unspecified atom stereocenters. The molecule has 4 aromatic carbocycles. The van der Waals surface area contributed by atoms with Crippen LogP contribution >= 0.6 is 11.6 Å². The fourth-order valence-electron chi connectivity index (χ4n) is 3.44. The lowest BCUT2D eigenvalue weighted by Gasteiger charge is -2.13. The molecule has 156 valence electrons. The van der Waals surface area contributed by atoms with Crippen molar-refractivity contribution in [1.29, 1.82) is 5.26 Å². The first-order valence-electron chi connectivity index (χ1n) is 9.90. The van der Waals surface area contributed by atoms with Gasteiger partial charge in [0.1, 0.15) is 12.4 Å². The highest BCUT2D eigenvalue weighted by Crippen LogP contribution is 2.33. The summed E-state index contributed by atoms with van der Waals surface area (Å²) in [5.74, 6) is -0.387. The summed E-state index contributed by atoms with van der Waals surface area (Å²) in [5, 5.41) is 21.5. The molecule has 0 saturated heterocycles. The van der Waals surface area contributed by atoms with E-state index < -0.39 is 5.97 Å². The number of allylic oxidation sites excluding steroid dienone is 1.